The average Bonchev–Trinajstić information content (AvgIpc) is 2.87. The fraction of sp³-hybridized carbons (Fsp3) is 0.533. The first-order valence-electron chi connectivity index (χ1n) is 7.51. The Hall–Kier alpha value is -2.11. The highest BCUT2D eigenvalue weighted by Gasteiger charge is 2.28. The Bertz CT molecular complexity index is 688. The summed E-state index contributed by atoms with van der Waals surface area (Å²) in [7, 11) is 0. The minimum absolute atomic E-state index is 0.0264. The Kier molecular flexibility index (Phi) is 3.53. The molecule has 0 aromatic heterocycles. The summed E-state index contributed by atoms with van der Waals surface area (Å²) in [5, 5.41) is 6.48. The van der Waals surface area contributed by atoms with Gasteiger partial charge in [-0.05, 0) is 33.1 Å². The van der Waals surface area contributed by atoms with Gasteiger partial charge < -0.3 is 9.47 Å². The van der Waals surface area contributed by atoms with Gasteiger partial charge in [-0.3, -0.25) is 9.59 Å². The summed E-state index contributed by atoms with van der Waals surface area (Å²) < 4.78 is 1.86. The summed E-state index contributed by atoms with van der Waals surface area (Å²) in [5.74, 6) is -0.0264. The number of likely N-dealkylation sites (tertiary alicyclic amines) is 1. The number of H-pyrrole nitrogens is 1. The highest BCUT2D eigenvalue weighted by atomic mass is 16.2. The van der Waals surface area contributed by atoms with Crippen molar-refractivity contribution >= 4 is 5.91 Å². The molecule has 1 N–H and O–H groups in total. The van der Waals surface area contributed by atoms with Crippen LogP contribution in [0.5, 0.6) is 0 Å². The number of hydrogen-bond donors (Lipinski definition) is 1. The van der Waals surface area contributed by atoms with E-state index in [1.54, 1.807) is 12.4 Å². The van der Waals surface area contributed by atoms with Crippen molar-refractivity contribution in [2.45, 2.75) is 45.7 Å². The number of nitrogens with one attached hydrogen (secondary N) is 1. The van der Waals surface area contributed by atoms with Gasteiger partial charge >= 0.3 is 0 Å². The number of nitrogens with zero attached hydrogens (tertiary/aromatic N) is 3. The minimum Gasteiger partial charge on any atom is -0.353 e. The standard InChI is InChI=1S/C15H20N4O2/c1-3-18-8-11-13(16-17-14(11)20)12(9-18)15(21)19-7-5-4-6-10(19)2/h8-10H,3-7H2,1-2H3,(H,17,20). The maximum Gasteiger partial charge on any atom is 0.275 e. The van der Waals surface area contributed by atoms with E-state index < -0.39 is 0 Å². The first-order chi connectivity index (χ1) is 10.1. The quantitative estimate of drug-likeness (QED) is 0.914. The summed E-state index contributed by atoms with van der Waals surface area (Å²) in [6.07, 6.45) is 6.77. The number of carbonyl (C=O) groups excluding carboxylic acids is 1. The van der Waals surface area contributed by atoms with Gasteiger partial charge in [0.25, 0.3) is 11.5 Å². The molecule has 1 unspecified atom stereocenters. The van der Waals surface area contributed by atoms with Crippen LogP contribution in [0.1, 0.15) is 43.5 Å². The van der Waals surface area contributed by atoms with Crippen LogP contribution in [0.15, 0.2) is 17.2 Å². The molecule has 1 saturated heterocycles. The van der Waals surface area contributed by atoms with Gasteiger partial charge in [0, 0.05) is 31.5 Å². The molecule has 1 fully saturated rings. The normalized spacial score (nSPS) is 19.1. The van der Waals surface area contributed by atoms with E-state index >= 15 is 0 Å². The number of aromatic amines is 1. The topological polar surface area (TPSA) is 71.0 Å². The third kappa shape index (κ3) is 2.34. The summed E-state index contributed by atoms with van der Waals surface area (Å²) >= 11 is 0. The Morgan fingerprint density at radius 1 is 1.43 bits per heavy atom. The summed E-state index contributed by atoms with van der Waals surface area (Å²) in [6.45, 7) is 5.54. The fourth-order valence-electron chi connectivity index (χ4n) is 2.98. The molecule has 21 heavy (non-hydrogen) atoms. The number of piperidine rings is 1. The van der Waals surface area contributed by atoms with Crippen molar-refractivity contribution in [3.05, 3.63) is 28.3 Å². The van der Waals surface area contributed by atoms with Crippen LogP contribution in [-0.2, 0) is 6.54 Å². The van der Waals surface area contributed by atoms with Gasteiger partial charge in [0.1, 0.15) is 5.69 Å². The number of hydrogen-bond acceptors (Lipinski definition) is 3. The van der Waals surface area contributed by atoms with E-state index in [2.05, 4.69) is 17.1 Å². The maximum absolute atomic E-state index is 12.9. The monoisotopic (exact) mass is 288 g/mol. The molecule has 0 bridgehead atoms. The number of amides is 1. The molecule has 112 valence electrons. The average molecular weight is 288 g/mol. The van der Waals surface area contributed by atoms with Crippen LogP contribution in [0, 0.1) is 0 Å². The first kappa shape index (κ1) is 13.9. The molecule has 0 aromatic carbocycles. The van der Waals surface area contributed by atoms with Crippen molar-refractivity contribution in [1.29, 1.82) is 0 Å². The number of pyridine rings is 1. The first-order valence-corrected chi connectivity index (χ1v) is 7.51. The van der Waals surface area contributed by atoms with Crippen LogP contribution in [0.2, 0.25) is 0 Å². The molecule has 0 aliphatic carbocycles. The summed E-state index contributed by atoms with van der Waals surface area (Å²) in [4.78, 5) is 26.6. The second-order valence-corrected chi connectivity index (χ2v) is 5.66. The minimum atomic E-state index is -0.242. The van der Waals surface area contributed by atoms with Gasteiger partial charge in [0.15, 0.2) is 0 Å². The second kappa shape index (κ2) is 5.35. The summed E-state index contributed by atoms with van der Waals surface area (Å²) in [5.41, 5.74) is 1.23. The van der Waals surface area contributed by atoms with Gasteiger partial charge in [0.2, 0.25) is 0 Å². The number of aryl methyl sites for hydroxylation is 1. The lowest BCUT2D eigenvalue weighted by atomic mass is 10.0. The molecule has 1 amide bonds. The molecular weight excluding hydrogens is 268 g/mol. The van der Waals surface area contributed by atoms with E-state index in [0.29, 0.717) is 23.4 Å². The van der Waals surface area contributed by atoms with Gasteiger partial charge in [-0.1, -0.05) is 0 Å². The molecule has 3 heterocycles. The zero-order chi connectivity index (χ0) is 15.0. The number of carbonyl (C=O) groups is 1. The smallest absolute Gasteiger partial charge is 0.275 e. The van der Waals surface area contributed by atoms with Crippen molar-refractivity contribution in [3.63, 3.8) is 0 Å². The van der Waals surface area contributed by atoms with Crippen LogP contribution in [-0.4, -0.2) is 38.2 Å². The molecule has 6 heteroatoms. The third-order valence-corrected chi connectivity index (χ3v) is 4.27. The molecule has 0 radical (unpaired) electrons. The fourth-order valence-corrected chi connectivity index (χ4v) is 2.98. The largest absolute Gasteiger partial charge is 0.353 e. The molecule has 0 spiro atoms. The Labute approximate surface area is 123 Å². The molecule has 3 rings (SSSR count). The van der Waals surface area contributed by atoms with Gasteiger partial charge in [0.05, 0.1) is 11.1 Å². The van der Waals surface area contributed by atoms with Gasteiger partial charge in [-0.25, -0.2) is 5.10 Å². The molecule has 3 aliphatic rings. The zero-order valence-electron chi connectivity index (χ0n) is 12.4. The van der Waals surface area contributed by atoms with E-state index in [1.165, 1.54) is 0 Å². The van der Waals surface area contributed by atoms with E-state index in [9.17, 15) is 9.59 Å². The lowest BCUT2D eigenvalue weighted by molar-refractivity contribution is 0.0635. The Balaban J connectivity index is 2.06. The molecule has 3 aliphatic heterocycles. The van der Waals surface area contributed by atoms with Crippen LogP contribution in [0.3, 0.4) is 0 Å². The van der Waals surface area contributed by atoms with Crippen LogP contribution in [0.4, 0.5) is 0 Å². The van der Waals surface area contributed by atoms with Crippen molar-refractivity contribution in [2.24, 2.45) is 0 Å². The highest BCUT2D eigenvalue weighted by molar-refractivity contribution is 6.00. The summed E-state index contributed by atoms with van der Waals surface area (Å²) in [6, 6.07) is 0.238. The number of rotatable bonds is 2. The predicted octanol–water partition coefficient (Wildman–Crippen LogP) is 1.71. The Morgan fingerprint density at radius 3 is 2.95 bits per heavy atom. The lowest BCUT2D eigenvalue weighted by Gasteiger charge is -2.33. The second-order valence-electron chi connectivity index (χ2n) is 5.66. The van der Waals surface area contributed by atoms with Crippen LogP contribution < -0.4 is 5.56 Å². The molecule has 0 aromatic rings. The molecule has 6 nitrogen and oxygen atoms in total. The Morgan fingerprint density at radius 2 is 2.24 bits per heavy atom. The third-order valence-electron chi connectivity index (χ3n) is 4.27. The molecule has 0 saturated carbocycles. The van der Waals surface area contributed by atoms with Crippen molar-refractivity contribution in [1.82, 2.24) is 19.7 Å². The van der Waals surface area contributed by atoms with E-state index in [0.717, 1.165) is 25.8 Å². The van der Waals surface area contributed by atoms with E-state index in [1.807, 2.05) is 16.4 Å². The number of aromatic nitrogens is 3. The SMILES string of the molecule is CCn1cc(C(=O)N2CCCCC2C)c2n[nH]c(=O)c-2c1. The van der Waals surface area contributed by atoms with E-state index in [-0.39, 0.29) is 17.5 Å². The lowest BCUT2D eigenvalue weighted by Crippen LogP contribution is -2.42. The van der Waals surface area contributed by atoms with Gasteiger partial charge in [-0.15, -0.1) is 0 Å². The highest BCUT2D eigenvalue weighted by Crippen LogP contribution is 2.25. The zero-order valence-corrected chi connectivity index (χ0v) is 12.4. The van der Waals surface area contributed by atoms with Crippen molar-refractivity contribution in [3.8, 4) is 11.3 Å². The van der Waals surface area contributed by atoms with Gasteiger partial charge in [-0.2, -0.15) is 5.10 Å². The van der Waals surface area contributed by atoms with Crippen LogP contribution in [0.25, 0.3) is 11.3 Å². The van der Waals surface area contributed by atoms with Crippen molar-refractivity contribution in [2.75, 3.05) is 6.54 Å². The molecule has 1 atom stereocenters. The predicted molar refractivity (Wildman–Crippen MR) is 79.5 cm³/mol. The maximum atomic E-state index is 12.9. The van der Waals surface area contributed by atoms with Crippen molar-refractivity contribution < 1.29 is 4.79 Å². The molecular formula is C15H20N4O2. The van der Waals surface area contributed by atoms with Crippen LogP contribution >= 0.6 is 0 Å². The van der Waals surface area contributed by atoms with E-state index in [4.69, 9.17) is 0 Å². The number of fused-ring (bicyclic) bond motifs is 1.